The van der Waals surface area contributed by atoms with Gasteiger partial charge in [-0.05, 0) is 46.2 Å². The number of hydrogen-bond donors (Lipinski definition) is 2. The summed E-state index contributed by atoms with van der Waals surface area (Å²) in [5.41, 5.74) is 0.850. The highest BCUT2D eigenvalue weighted by Crippen LogP contribution is 2.36. The van der Waals surface area contributed by atoms with Gasteiger partial charge in [-0.1, -0.05) is 6.92 Å². The van der Waals surface area contributed by atoms with Gasteiger partial charge in [0, 0.05) is 14.5 Å². The molecule has 2 N–H and O–H groups in total. The van der Waals surface area contributed by atoms with Crippen molar-refractivity contribution in [2.24, 2.45) is 5.92 Å². The normalized spacial score (nSPS) is 22.7. The number of halogens is 2. The highest BCUT2D eigenvalue weighted by molar-refractivity contribution is 14.1. The molecular formula is C12H11FINO2S. The Morgan fingerprint density at radius 2 is 2.28 bits per heavy atom. The van der Waals surface area contributed by atoms with Crippen molar-refractivity contribution in [1.29, 1.82) is 0 Å². The van der Waals surface area contributed by atoms with E-state index in [9.17, 15) is 9.18 Å². The lowest BCUT2D eigenvalue weighted by atomic mass is 10.0. The maximum absolute atomic E-state index is 13.7. The van der Waals surface area contributed by atoms with Crippen LogP contribution >= 0.6 is 34.4 Å². The minimum Gasteiger partial charge on any atom is -0.481 e. The molecule has 18 heavy (non-hydrogen) atoms. The summed E-state index contributed by atoms with van der Waals surface area (Å²) in [5, 5.41) is 13.7. The van der Waals surface area contributed by atoms with Crippen molar-refractivity contribution >= 4 is 46.0 Å². The summed E-state index contributed by atoms with van der Waals surface area (Å²) in [5.74, 6) is -1.89. The molecule has 1 aliphatic rings. The molecule has 1 aromatic carbocycles. The Balaban J connectivity index is 2.21. The van der Waals surface area contributed by atoms with Gasteiger partial charge in [0.15, 0.2) is 0 Å². The van der Waals surface area contributed by atoms with Crippen molar-refractivity contribution in [1.82, 2.24) is 0 Å². The van der Waals surface area contributed by atoms with Gasteiger partial charge in [0.25, 0.3) is 0 Å². The van der Waals surface area contributed by atoms with E-state index < -0.39 is 11.9 Å². The van der Waals surface area contributed by atoms with E-state index in [-0.39, 0.29) is 11.1 Å². The third-order valence-corrected chi connectivity index (χ3v) is 4.45. The molecule has 1 heterocycles. The molecule has 0 aromatic heterocycles. The number of thioether (sulfide) groups is 1. The van der Waals surface area contributed by atoms with Gasteiger partial charge in [-0.2, -0.15) is 0 Å². The third kappa shape index (κ3) is 2.80. The van der Waals surface area contributed by atoms with Crippen molar-refractivity contribution in [2.75, 3.05) is 5.32 Å². The first-order chi connectivity index (χ1) is 8.49. The van der Waals surface area contributed by atoms with Crippen LogP contribution in [0.5, 0.6) is 0 Å². The minimum atomic E-state index is -0.892. The van der Waals surface area contributed by atoms with Gasteiger partial charge in [0.2, 0.25) is 0 Å². The topological polar surface area (TPSA) is 49.3 Å². The van der Waals surface area contributed by atoms with Crippen LogP contribution in [0.25, 0.3) is 0 Å². The summed E-state index contributed by atoms with van der Waals surface area (Å²) in [7, 11) is 0. The van der Waals surface area contributed by atoms with Crippen LogP contribution in [0.2, 0.25) is 0 Å². The van der Waals surface area contributed by atoms with Gasteiger partial charge in [-0.15, -0.1) is 11.8 Å². The highest BCUT2D eigenvalue weighted by Gasteiger charge is 2.33. The SMILES string of the molecule is CC1SC=C(Nc2ccc(I)cc2F)C1C(=O)O. The molecule has 0 spiro atoms. The summed E-state index contributed by atoms with van der Waals surface area (Å²) in [6.07, 6.45) is 0. The van der Waals surface area contributed by atoms with Gasteiger partial charge in [-0.3, -0.25) is 4.79 Å². The van der Waals surface area contributed by atoms with Crippen LogP contribution in [0.4, 0.5) is 10.1 Å². The van der Waals surface area contributed by atoms with Crippen LogP contribution in [0.15, 0.2) is 29.3 Å². The minimum absolute atomic E-state index is 0.0445. The summed E-state index contributed by atoms with van der Waals surface area (Å²) in [6, 6.07) is 4.79. The van der Waals surface area contributed by atoms with E-state index in [4.69, 9.17) is 5.11 Å². The second-order valence-corrected chi connectivity index (χ2v) is 6.48. The zero-order valence-electron chi connectivity index (χ0n) is 9.48. The Kier molecular flexibility index (Phi) is 4.16. The van der Waals surface area contributed by atoms with Gasteiger partial charge < -0.3 is 10.4 Å². The molecule has 0 fully saturated rings. The van der Waals surface area contributed by atoms with Gasteiger partial charge in [0.1, 0.15) is 11.7 Å². The monoisotopic (exact) mass is 379 g/mol. The fourth-order valence-electron chi connectivity index (χ4n) is 1.77. The smallest absolute Gasteiger partial charge is 0.313 e. The van der Waals surface area contributed by atoms with Crippen molar-refractivity contribution in [2.45, 2.75) is 12.2 Å². The maximum Gasteiger partial charge on any atom is 0.313 e. The largest absolute Gasteiger partial charge is 0.481 e. The second kappa shape index (κ2) is 5.48. The first kappa shape index (κ1) is 13.7. The number of aliphatic carboxylic acids is 1. The molecule has 1 aromatic rings. The fourth-order valence-corrected chi connectivity index (χ4v) is 3.21. The number of benzene rings is 1. The van der Waals surface area contributed by atoms with Crippen molar-refractivity contribution in [3.8, 4) is 0 Å². The third-order valence-electron chi connectivity index (χ3n) is 2.69. The van der Waals surface area contributed by atoms with Gasteiger partial charge in [-0.25, -0.2) is 4.39 Å². The molecule has 0 aliphatic carbocycles. The lowest BCUT2D eigenvalue weighted by Gasteiger charge is -2.16. The number of carbonyl (C=O) groups is 1. The Labute approximate surface area is 122 Å². The molecule has 6 heteroatoms. The van der Waals surface area contributed by atoms with E-state index in [0.29, 0.717) is 11.4 Å². The molecule has 2 atom stereocenters. The van der Waals surface area contributed by atoms with Gasteiger partial charge >= 0.3 is 5.97 Å². The predicted molar refractivity (Wildman–Crippen MR) is 79.0 cm³/mol. The average Bonchev–Trinajstić information content (AvgIpc) is 2.64. The van der Waals surface area contributed by atoms with Crippen molar-refractivity contribution < 1.29 is 14.3 Å². The predicted octanol–water partition coefficient (Wildman–Crippen LogP) is 3.52. The molecule has 0 saturated heterocycles. The number of nitrogens with one attached hydrogen (secondary N) is 1. The summed E-state index contributed by atoms with van der Waals surface area (Å²) in [4.78, 5) is 11.2. The van der Waals surface area contributed by atoms with Gasteiger partial charge in [0.05, 0.1) is 5.69 Å². The van der Waals surface area contributed by atoms with E-state index in [1.165, 1.54) is 17.8 Å². The summed E-state index contributed by atoms with van der Waals surface area (Å²) in [6.45, 7) is 1.85. The number of rotatable bonds is 3. The number of hydrogen-bond acceptors (Lipinski definition) is 3. The fraction of sp³-hybridized carbons (Fsp3) is 0.250. The molecule has 0 amide bonds. The van der Waals surface area contributed by atoms with E-state index in [2.05, 4.69) is 5.32 Å². The summed E-state index contributed by atoms with van der Waals surface area (Å²) < 4.78 is 14.5. The van der Waals surface area contributed by atoms with Crippen LogP contribution in [0.3, 0.4) is 0 Å². The van der Waals surface area contributed by atoms with Crippen LogP contribution < -0.4 is 5.32 Å². The van der Waals surface area contributed by atoms with Crippen LogP contribution in [0.1, 0.15) is 6.92 Å². The molecular weight excluding hydrogens is 368 g/mol. The van der Waals surface area contributed by atoms with Crippen molar-refractivity contribution in [3.63, 3.8) is 0 Å². The quantitative estimate of drug-likeness (QED) is 0.790. The zero-order chi connectivity index (χ0) is 13.3. The van der Waals surface area contributed by atoms with E-state index in [1.807, 2.05) is 29.5 Å². The first-order valence-electron chi connectivity index (χ1n) is 5.29. The van der Waals surface area contributed by atoms with Crippen LogP contribution in [-0.4, -0.2) is 16.3 Å². The Bertz CT molecular complexity index is 521. The standard InChI is InChI=1S/C12H11FINO2S/c1-6-11(12(16)17)10(5-18-6)15-9-3-2-7(14)4-8(9)13/h2-6,11,15H,1H3,(H,16,17). The molecule has 0 saturated carbocycles. The Morgan fingerprint density at radius 3 is 2.89 bits per heavy atom. The van der Waals surface area contributed by atoms with Crippen LogP contribution in [-0.2, 0) is 4.79 Å². The molecule has 96 valence electrons. The highest BCUT2D eigenvalue weighted by atomic mass is 127. The zero-order valence-corrected chi connectivity index (χ0v) is 12.5. The number of carboxylic acids is 1. The number of anilines is 1. The average molecular weight is 379 g/mol. The maximum atomic E-state index is 13.7. The molecule has 2 unspecified atom stereocenters. The molecule has 0 bridgehead atoms. The molecule has 1 aliphatic heterocycles. The van der Waals surface area contributed by atoms with Crippen LogP contribution in [0, 0.1) is 15.3 Å². The van der Waals surface area contributed by atoms with E-state index in [0.717, 1.165) is 3.57 Å². The van der Waals surface area contributed by atoms with E-state index >= 15 is 0 Å². The molecule has 0 radical (unpaired) electrons. The Morgan fingerprint density at radius 1 is 1.56 bits per heavy atom. The van der Waals surface area contributed by atoms with E-state index in [1.54, 1.807) is 17.5 Å². The first-order valence-corrected chi connectivity index (χ1v) is 7.31. The lowest BCUT2D eigenvalue weighted by molar-refractivity contribution is -0.140. The molecule has 2 rings (SSSR count). The number of carboxylic acid groups (broad SMARTS) is 1. The van der Waals surface area contributed by atoms with Crippen molar-refractivity contribution in [3.05, 3.63) is 38.7 Å². The second-order valence-electron chi connectivity index (χ2n) is 3.98. The molecule has 3 nitrogen and oxygen atoms in total. The Hall–Kier alpha value is -0.760. The lowest BCUT2D eigenvalue weighted by Crippen LogP contribution is -2.25. The summed E-state index contributed by atoms with van der Waals surface area (Å²) >= 11 is 3.46.